The predicted octanol–water partition coefficient (Wildman–Crippen LogP) is 0.0182. The molecule has 0 saturated carbocycles. The molecule has 6 heteroatoms. The van der Waals surface area contributed by atoms with Crippen molar-refractivity contribution in [2.45, 2.75) is 13.3 Å². The number of likely N-dealkylation sites (tertiary alicyclic amines) is 1. The van der Waals surface area contributed by atoms with Crippen LogP contribution in [0.15, 0.2) is 16.9 Å². The summed E-state index contributed by atoms with van der Waals surface area (Å²) in [5, 5.41) is 9.67. The van der Waals surface area contributed by atoms with Crippen LogP contribution >= 0.6 is 0 Å². The molecular formula is C15H20N2O4. The quantitative estimate of drug-likeness (QED) is 0.822. The molecule has 2 atom stereocenters. The van der Waals surface area contributed by atoms with Crippen molar-refractivity contribution in [3.63, 3.8) is 0 Å². The highest BCUT2D eigenvalue weighted by Crippen LogP contribution is 2.41. The van der Waals surface area contributed by atoms with E-state index in [0.717, 1.165) is 0 Å². The molecule has 6 nitrogen and oxygen atoms in total. The third-order valence-corrected chi connectivity index (χ3v) is 4.71. The Morgan fingerprint density at radius 1 is 1.57 bits per heavy atom. The van der Waals surface area contributed by atoms with E-state index in [4.69, 9.17) is 4.74 Å². The molecule has 1 aromatic heterocycles. The molecule has 3 heterocycles. The maximum atomic E-state index is 12.7. The SMILES string of the molecule is CCc1[nH]c(=O)ccc1C(=O)N1C[C@H]2COC[C@@]2(CO)C1. The Morgan fingerprint density at radius 3 is 3.05 bits per heavy atom. The minimum Gasteiger partial charge on any atom is -0.396 e. The van der Waals surface area contributed by atoms with Gasteiger partial charge in [-0.05, 0) is 12.5 Å². The van der Waals surface area contributed by atoms with Gasteiger partial charge in [0.25, 0.3) is 5.91 Å². The van der Waals surface area contributed by atoms with Crippen molar-refractivity contribution in [1.82, 2.24) is 9.88 Å². The van der Waals surface area contributed by atoms with Crippen molar-refractivity contribution in [1.29, 1.82) is 0 Å². The Balaban J connectivity index is 1.86. The van der Waals surface area contributed by atoms with Crippen LogP contribution in [0.2, 0.25) is 0 Å². The first kappa shape index (κ1) is 14.3. The zero-order chi connectivity index (χ0) is 15.0. The smallest absolute Gasteiger partial charge is 0.255 e. The number of ether oxygens (including phenoxy) is 1. The number of amides is 1. The summed E-state index contributed by atoms with van der Waals surface area (Å²) in [6.45, 7) is 4.15. The van der Waals surface area contributed by atoms with Gasteiger partial charge in [0.2, 0.25) is 5.56 Å². The Labute approximate surface area is 122 Å². The van der Waals surface area contributed by atoms with Crippen LogP contribution < -0.4 is 5.56 Å². The average Bonchev–Trinajstić information content (AvgIpc) is 3.03. The number of nitrogens with one attached hydrogen (secondary N) is 1. The highest BCUT2D eigenvalue weighted by molar-refractivity contribution is 5.95. The van der Waals surface area contributed by atoms with Crippen LogP contribution in [0.25, 0.3) is 0 Å². The van der Waals surface area contributed by atoms with Crippen molar-refractivity contribution in [3.8, 4) is 0 Å². The van der Waals surface area contributed by atoms with Crippen LogP contribution in [0, 0.1) is 11.3 Å². The molecular weight excluding hydrogens is 272 g/mol. The molecule has 0 radical (unpaired) electrons. The lowest BCUT2D eigenvalue weighted by molar-refractivity contribution is 0.0629. The molecule has 2 aliphatic heterocycles. The largest absolute Gasteiger partial charge is 0.396 e. The van der Waals surface area contributed by atoms with E-state index in [1.165, 1.54) is 6.07 Å². The Hall–Kier alpha value is -1.66. The van der Waals surface area contributed by atoms with E-state index >= 15 is 0 Å². The van der Waals surface area contributed by atoms with Gasteiger partial charge >= 0.3 is 0 Å². The fourth-order valence-electron chi connectivity index (χ4n) is 3.38. The van der Waals surface area contributed by atoms with Gasteiger partial charge in [0, 0.05) is 36.2 Å². The number of carbonyl (C=O) groups is 1. The summed E-state index contributed by atoms with van der Waals surface area (Å²) in [7, 11) is 0. The fourth-order valence-corrected chi connectivity index (χ4v) is 3.38. The van der Waals surface area contributed by atoms with Gasteiger partial charge in [-0.3, -0.25) is 9.59 Å². The highest BCUT2D eigenvalue weighted by atomic mass is 16.5. The monoisotopic (exact) mass is 292 g/mol. The maximum Gasteiger partial charge on any atom is 0.255 e. The van der Waals surface area contributed by atoms with Crippen molar-refractivity contribution in [2.24, 2.45) is 11.3 Å². The minimum absolute atomic E-state index is 0.0354. The van der Waals surface area contributed by atoms with E-state index in [-0.39, 0.29) is 29.4 Å². The van der Waals surface area contributed by atoms with Crippen LogP contribution in [0.5, 0.6) is 0 Å². The van der Waals surface area contributed by atoms with Crippen molar-refractivity contribution in [2.75, 3.05) is 32.9 Å². The lowest BCUT2D eigenvalue weighted by Gasteiger charge is -2.24. The summed E-state index contributed by atoms with van der Waals surface area (Å²) < 4.78 is 5.45. The van der Waals surface area contributed by atoms with Gasteiger partial charge in [-0.15, -0.1) is 0 Å². The number of carbonyl (C=O) groups excluding carboxylic acids is 1. The molecule has 114 valence electrons. The number of aromatic nitrogens is 1. The van der Waals surface area contributed by atoms with Crippen LogP contribution in [-0.4, -0.2) is 53.8 Å². The number of H-pyrrole nitrogens is 1. The number of hydrogen-bond donors (Lipinski definition) is 2. The molecule has 0 unspecified atom stereocenters. The number of aliphatic hydroxyl groups excluding tert-OH is 1. The zero-order valence-electron chi connectivity index (χ0n) is 12.1. The van der Waals surface area contributed by atoms with E-state index in [1.54, 1.807) is 11.0 Å². The fraction of sp³-hybridized carbons (Fsp3) is 0.600. The summed E-state index contributed by atoms with van der Waals surface area (Å²) in [6, 6.07) is 2.98. The first-order valence-electron chi connectivity index (χ1n) is 7.30. The average molecular weight is 292 g/mol. The molecule has 0 aliphatic carbocycles. The lowest BCUT2D eigenvalue weighted by Crippen LogP contribution is -2.36. The van der Waals surface area contributed by atoms with E-state index in [1.807, 2.05) is 6.92 Å². The van der Waals surface area contributed by atoms with Crippen LogP contribution in [0.3, 0.4) is 0 Å². The molecule has 1 aromatic rings. The minimum atomic E-state index is -0.315. The van der Waals surface area contributed by atoms with Gasteiger partial charge in [0.1, 0.15) is 0 Å². The number of fused-ring (bicyclic) bond motifs is 1. The van der Waals surface area contributed by atoms with E-state index in [0.29, 0.717) is 44.0 Å². The Bertz CT molecular complexity index is 612. The van der Waals surface area contributed by atoms with Crippen LogP contribution in [0.1, 0.15) is 23.0 Å². The number of nitrogens with zero attached hydrogens (tertiary/aromatic N) is 1. The number of aromatic amines is 1. The second-order valence-electron chi connectivity index (χ2n) is 5.99. The molecule has 0 bridgehead atoms. The first-order valence-corrected chi connectivity index (χ1v) is 7.30. The molecule has 0 spiro atoms. The summed E-state index contributed by atoms with van der Waals surface area (Å²) in [5.74, 6) is 0.115. The van der Waals surface area contributed by atoms with Crippen LogP contribution in [0.4, 0.5) is 0 Å². The topological polar surface area (TPSA) is 82.6 Å². The molecule has 2 fully saturated rings. The molecule has 0 aromatic carbocycles. The molecule has 2 saturated heterocycles. The third kappa shape index (κ3) is 2.28. The number of hydrogen-bond acceptors (Lipinski definition) is 4. The highest BCUT2D eigenvalue weighted by Gasteiger charge is 2.51. The van der Waals surface area contributed by atoms with E-state index < -0.39 is 0 Å². The van der Waals surface area contributed by atoms with Crippen molar-refractivity contribution in [3.05, 3.63) is 33.7 Å². The molecule has 21 heavy (non-hydrogen) atoms. The third-order valence-electron chi connectivity index (χ3n) is 4.71. The van der Waals surface area contributed by atoms with Gasteiger partial charge in [0.05, 0.1) is 25.4 Å². The van der Waals surface area contributed by atoms with Gasteiger partial charge < -0.3 is 19.7 Å². The van der Waals surface area contributed by atoms with E-state index in [2.05, 4.69) is 4.98 Å². The second-order valence-corrected chi connectivity index (χ2v) is 5.99. The standard InChI is InChI=1S/C15H20N2O4/c1-2-12-11(3-4-13(19)16-12)14(20)17-5-10-6-21-9-15(10,7-17)8-18/h3-4,10,18H,2,5-9H2,1H3,(H,16,19)/t10-,15-/m0/s1. The molecule has 2 aliphatic rings. The Kier molecular flexibility index (Phi) is 3.59. The zero-order valence-corrected chi connectivity index (χ0v) is 12.1. The van der Waals surface area contributed by atoms with Gasteiger partial charge in [0.15, 0.2) is 0 Å². The molecule has 3 rings (SSSR count). The van der Waals surface area contributed by atoms with Crippen molar-refractivity contribution >= 4 is 5.91 Å². The lowest BCUT2D eigenvalue weighted by atomic mass is 9.82. The summed E-state index contributed by atoms with van der Waals surface area (Å²) in [4.78, 5) is 28.6. The summed E-state index contributed by atoms with van der Waals surface area (Å²) >= 11 is 0. The normalized spacial score (nSPS) is 27.9. The summed E-state index contributed by atoms with van der Waals surface area (Å²) in [6.07, 6.45) is 0.600. The van der Waals surface area contributed by atoms with Crippen LogP contribution in [-0.2, 0) is 11.2 Å². The number of aryl methyl sites for hydroxylation is 1. The predicted molar refractivity (Wildman–Crippen MR) is 76.2 cm³/mol. The van der Waals surface area contributed by atoms with E-state index in [9.17, 15) is 14.7 Å². The molecule has 1 amide bonds. The van der Waals surface area contributed by atoms with Crippen molar-refractivity contribution < 1.29 is 14.6 Å². The maximum absolute atomic E-state index is 12.7. The summed E-state index contributed by atoms with van der Waals surface area (Å²) in [5.41, 5.74) is 0.705. The van der Waals surface area contributed by atoms with Gasteiger partial charge in [-0.25, -0.2) is 0 Å². The molecule has 2 N–H and O–H groups in total. The first-order chi connectivity index (χ1) is 10.1. The number of rotatable bonds is 3. The Morgan fingerprint density at radius 2 is 2.38 bits per heavy atom. The number of aliphatic hydroxyl groups is 1. The van der Waals surface area contributed by atoms with Gasteiger partial charge in [-0.2, -0.15) is 0 Å². The number of pyridine rings is 1. The van der Waals surface area contributed by atoms with Gasteiger partial charge in [-0.1, -0.05) is 6.92 Å². The second kappa shape index (κ2) is 5.27.